The van der Waals surface area contributed by atoms with Crippen molar-refractivity contribution >= 4 is 28.8 Å². The van der Waals surface area contributed by atoms with Crippen LogP contribution in [-0.4, -0.2) is 54.0 Å². The summed E-state index contributed by atoms with van der Waals surface area (Å²) in [4.78, 5) is 21.7. The van der Waals surface area contributed by atoms with E-state index in [1.807, 2.05) is 29.2 Å². The molecule has 29 heavy (non-hydrogen) atoms. The second-order valence-corrected chi connectivity index (χ2v) is 8.25. The molecule has 0 atom stereocenters. The predicted molar refractivity (Wildman–Crippen MR) is 117 cm³/mol. The third kappa shape index (κ3) is 4.78. The van der Waals surface area contributed by atoms with Gasteiger partial charge < -0.3 is 9.64 Å². The van der Waals surface area contributed by atoms with Crippen LogP contribution in [0, 0.1) is 0 Å². The topological polar surface area (TPSA) is 45.7 Å². The lowest BCUT2D eigenvalue weighted by molar-refractivity contribution is 0.0627. The Morgan fingerprint density at radius 3 is 2.62 bits per heavy atom. The lowest BCUT2D eigenvalue weighted by Gasteiger charge is -2.34. The van der Waals surface area contributed by atoms with E-state index in [2.05, 4.69) is 10.3 Å². The number of aromatic nitrogens is 1. The highest BCUT2D eigenvalue weighted by Gasteiger charge is 2.22. The van der Waals surface area contributed by atoms with Crippen molar-refractivity contribution in [3.63, 3.8) is 0 Å². The molecule has 1 aliphatic heterocycles. The fourth-order valence-electron chi connectivity index (χ4n) is 3.38. The number of rotatable bonds is 5. The number of thiazole rings is 1. The smallest absolute Gasteiger partial charge is 0.253 e. The zero-order valence-electron chi connectivity index (χ0n) is 16.2. The van der Waals surface area contributed by atoms with Gasteiger partial charge in [0.25, 0.3) is 5.91 Å². The molecule has 0 spiro atoms. The van der Waals surface area contributed by atoms with Gasteiger partial charge in [0.15, 0.2) is 0 Å². The molecule has 0 aliphatic carbocycles. The van der Waals surface area contributed by atoms with E-state index < -0.39 is 0 Å². The molecular formula is C22H22ClN3O2S. The summed E-state index contributed by atoms with van der Waals surface area (Å²) < 4.78 is 5.30. The number of hydrogen-bond acceptors (Lipinski definition) is 5. The van der Waals surface area contributed by atoms with E-state index >= 15 is 0 Å². The fraction of sp³-hybridized carbons (Fsp3) is 0.273. The first kappa shape index (κ1) is 19.9. The van der Waals surface area contributed by atoms with Crippen LogP contribution in [0.3, 0.4) is 0 Å². The van der Waals surface area contributed by atoms with E-state index in [1.165, 1.54) is 0 Å². The lowest BCUT2D eigenvalue weighted by atomic mass is 10.2. The lowest BCUT2D eigenvalue weighted by Crippen LogP contribution is -2.48. The molecule has 5 nitrogen and oxygen atoms in total. The number of halogens is 1. The summed E-state index contributed by atoms with van der Waals surface area (Å²) in [6.45, 7) is 3.91. The first-order valence-electron chi connectivity index (χ1n) is 9.48. The number of piperazine rings is 1. The summed E-state index contributed by atoms with van der Waals surface area (Å²) >= 11 is 7.56. The summed E-state index contributed by atoms with van der Waals surface area (Å²) in [6, 6.07) is 15.0. The van der Waals surface area contributed by atoms with Gasteiger partial charge in [-0.05, 0) is 36.4 Å². The van der Waals surface area contributed by atoms with Gasteiger partial charge >= 0.3 is 0 Å². The summed E-state index contributed by atoms with van der Waals surface area (Å²) in [5.41, 5.74) is 2.81. The van der Waals surface area contributed by atoms with Crippen molar-refractivity contribution in [1.29, 1.82) is 0 Å². The minimum atomic E-state index is 0.0651. The van der Waals surface area contributed by atoms with E-state index in [-0.39, 0.29) is 5.91 Å². The van der Waals surface area contributed by atoms with Crippen LogP contribution in [0.5, 0.6) is 5.75 Å². The molecule has 7 heteroatoms. The Morgan fingerprint density at radius 1 is 1.14 bits per heavy atom. The van der Waals surface area contributed by atoms with Gasteiger partial charge in [-0.1, -0.05) is 23.7 Å². The van der Waals surface area contributed by atoms with Gasteiger partial charge in [0.1, 0.15) is 10.8 Å². The number of carbonyl (C=O) groups excluding carboxylic acids is 1. The first-order chi connectivity index (χ1) is 14.1. The third-order valence-corrected chi connectivity index (χ3v) is 6.20. The van der Waals surface area contributed by atoms with E-state index in [1.54, 1.807) is 42.7 Å². The highest BCUT2D eigenvalue weighted by Crippen LogP contribution is 2.27. The highest BCUT2D eigenvalue weighted by molar-refractivity contribution is 7.13. The van der Waals surface area contributed by atoms with Crippen LogP contribution in [0.25, 0.3) is 10.6 Å². The molecule has 4 rings (SSSR count). The standard InChI is InChI=1S/C22H22ClN3O2S/c1-28-20-4-2-3-17(13-20)21-24-19(15-29-21)14-25-9-11-26(12-10-25)22(27)16-5-7-18(23)8-6-16/h2-8,13,15H,9-12,14H2,1H3. The fourth-order valence-corrected chi connectivity index (χ4v) is 4.32. The quantitative estimate of drug-likeness (QED) is 0.604. The molecule has 1 amide bonds. The van der Waals surface area contributed by atoms with Crippen LogP contribution >= 0.6 is 22.9 Å². The van der Waals surface area contributed by atoms with Gasteiger partial charge in [-0.25, -0.2) is 4.98 Å². The van der Waals surface area contributed by atoms with Gasteiger partial charge in [-0.2, -0.15) is 0 Å². The van der Waals surface area contributed by atoms with E-state index in [0.717, 1.165) is 41.6 Å². The summed E-state index contributed by atoms with van der Waals surface area (Å²) in [7, 11) is 1.67. The number of ether oxygens (including phenoxy) is 1. The van der Waals surface area contributed by atoms with Gasteiger partial charge in [0, 0.05) is 54.3 Å². The monoisotopic (exact) mass is 427 g/mol. The molecule has 1 saturated heterocycles. The molecule has 3 aromatic rings. The minimum Gasteiger partial charge on any atom is -0.497 e. The Hall–Kier alpha value is -2.41. The van der Waals surface area contributed by atoms with Crippen LogP contribution in [0.2, 0.25) is 5.02 Å². The van der Waals surface area contributed by atoms with Gasteiger partial charge in [0.05, 0.1) is 12.8 Å². The van der Waals surface area contributed by atoms with Crippen molar-refractivity contribution in [3.8, 4) is 16.3 Å². The van der Waals surface area contributed by atoms with Crippen molar-refractivity contribution in [2.75, 3.05) is 33.3 Å². The van der Waals surface area contributed by atoms with Gasteiger partial charge in [0.2, 0.25) is 0 Å². The molecule has 0 N–H and O–H groups in total. The molecule has 0 unspecified atom stereocenters. The van der Waals surface area contributed by atoms with Crippen LogP contribution < -0.4 is 4.74 Å². The molecule has 1 aliphatic rings. The summed E-state index contributed by atoms with van der Waals surface area (Å²) in [5, 5.41) is 3.75. The molecule has 1 aromatic heterocycles. The Balaban J connectivity index is 1.33. The maximum absolute atomic E-state index is 12.6. The SMILES string of the molecule is COc1cccc(-c2nc(CN3CCN(C(=O)c4ccc(Cl)cc4)CC3)cs2)c1. The van der Waals surface area contributed by atoms with Crippen LogP contribution in [0.1, 0.15) is 16.1 Å². The molecule has 0 bridgehead atoms. The highest BCUT2D eigenvalue weighted by atomic mass is 35.5. The Kier molecular flexibility index (Phi) is 6.13. The Morgan fingerprint density at radius 2 is 1.90 bits per heavy atom. The average Bonchev–Trinajstić information content (AvgIpc) is 3.23. The number of nitrogens with zero attached hydrogens (tertiary/aromatic N) is 3. The maximum Gasteiger partial charge on any atom is 0.253 e. The van der Waals surface area contributed by atoms with Crippen LogP contribution in [0.4, 0.5) is 0 Å². The van der Waals surface area contributed by atoms with Crippen molar-refractivity contribution in [2.24, 2.45) is 0 Å². The predicted octanol–water partition coefficient (Wildman–Crippen LogP) is 4.43. The maximum atomic E-state index is 12.6. The van der Waals surface area contributed by atoms with Crippen molar-refractivity contribution in [1.82, 2.24) is 14.8 Å². The van der Waals surface area contributed by atoms with Crippen molar-refractivity contribution in [2.45, 2.75) is 6.54 Å². The number of amides is 1. The number of benzene rings is 2. The average molecular weight is 428 g/mol. The second kappa shape index (κ2) is 8.95. The van der Waals surface area contributed by atoms with Crippen LogP contribution in [0.15, 0.2) is 53.9 Å². The zero-order valence-corrected chi connectivity index (χ0v) is 17.7. The summed E-state index contributed by atoms with van der Waals surface area (Å²) in [5.74, 6) is 0.899. The third-order valence-electron chi connectivity index (χ3n) is 5.00. The summed E-state index contributed by atoms with van der Waals surface area (Å²) in [6.07, 6.45) is 0. The number of methoxy groups -OCH3 is 1. The molecule has 2 aromatic carbocycles. The number of hydrogen-bond donors (Lipinski definition) is 0. The Bertz CT molecular complexity index is 982. The van der Waals surface area contributed by atoms with E-state index in [9.17, 15) is 4.79 Å². The largest absolute Gasteiger partial charge is 0.497 e. The zero-order chi connectivity index (χ0) is 20.2. The normalized spacial score (nSPS) is 14.8. The van der Waals surface area contributed by atoms with Crippen molar-refractivity contribution in [3.05, 3.63) is 70.2 Å². The van der Waals surface area contributed by atoms with Gasteiger partial charge in [-0.15, -0.1) is 11.3 Å². The molecular weight excluding hydrogens is 406 g/mol. The molecule has 0 saturated carbocycles. The molecule has 1 fully saturated rings. The van der Waals surface area contributed by atoms with E-state index in [4.69, 9.17) is 21.3 Å². The van der Waals surface area contributed by atoms with Crippen LogP contribution in [-0.2, 0) is 6.54 Å². The van der Waals surface area contributed by atoms with E-state index in [0.29, 0.717) is 23.7 Å². The van der Waals surface area contributed by atoms with Gasteiger partial charge in [-0.3, -0.25) is 9.69 Å². The molecule has 0 radical (unpaired) electrons. The van der Waals surface area contributed by atoms with Crippen molar-refractivity contribution < 1.29 is 9.53 Å². The Labute approximate surface area is 179 Å². The minimum absolute atomic E-state index is 0.0651. The molecule has 150 valence electrons. The first-order valence-corrected chi connectivity index (χ1v) is 10.7. The second-order valence-electron chi connectivity index (χ2n) is 6.95. The number of carbonyl (C=O) groups is 1. The molecule has 2 heterocycles.